The fraction of sp³-hybridized carbons (Fsp3) is 0.208. The zero-order chi connectivity index (χ0) is 24.1. The van der Waals surface area contributed by atoms with Gasteiger partial charge in [-0.1, -0.05) is 32.3 Å². The van der Waals surface area contributed by atoms with Crippen LogP contribution < -0.4 is 14.7 Å². The van der Waals surface area contributed by atoms with Crippen molar-refractivity contribution >= 4 is 48.0 Å². The van der Waals surface area contributed by atoms with Crippen LogP contribution in [0.3, 0.4) is 0 Å². The van der Waals surface area contributed by atoms with Gasteiger partial charge in [-0.25, -0.2) is 28.1 Å². The van der Waals surface area contributed by atoms with Crippen molar-refractivity contribution in [3.63, 3.8) is 0 Å². The summed E-state index contributed by atoms with van der Waals surface area (Å²) in [5, 5.41) is 3.64. The van der Waals surface area contributed by atoms with Crippen molar-refractivity contribution in [2.24, 2.45) is 4.99 Å². The molecular weight excluding hydrogens is 486 g/mol. The average molecular weight is 510 g/mol. The Morgan fingerprint density at radius 1 is 1.03 bits per heavy atom. The van der Waals surface area contributed by atoms with Crippen molar-refractivity contribution in [3.05, 3.63) is 75.5 Å². The van der Waals surface area contributed by atoms with E-state index in [-0.39, 0.29) is 16.4 Å². The predicted octanol–water partition coefficient (Wildman–Crippen LogP) is 5.58. The molecule has 7 nitrogen and oxygen atoms in total. The summed E-state index contributed by atoms with van der Waals surface area (Å²) < 4.78 is 28.8. The summed E-state index contributed by atoms with van der Waals surface area (Å²) in [6, 6.07) is 14.6. The van der Waals surface area contributed by atoms with E-state index in [1.54, 1.807) is 57.9 Å². The molecular formula is C24H23N5O2S3. The summed E-state index contributed by atoms with van der Waals surface area (Å²) in [6.45, 7) is 8.20. The van der Waals surface area contributed by atoms with Crippen LogP contribution in [0.5, 0.6) is 0 Å². The Morgan fingerprint density at radius 3 is 2.53 bits per heavy atom. The van der Waals surface area contributed by atoms with Crippen molar-refractivity contribution in [3.8, 4) is 11.1 Å². The number of sulfonamides is 1. The summed E-state index contributed by atoms with van der Waals surface area (Å²) in [5.41, 5.74) is 5.74. The van der Waals surface area contributed by atoms with E-state index in [0.717, 1.165) is 21.5 Å². The first-order valence-corrected chi connectivity index (χ1v) is 14.3. The molecule has 0 atom stereocenters. The van der Waals surface area contributed by atoms with Gasteiger partial charge >= 0.3 is 0 Å². The molecule has 4 aromatic rings. The van der Waals surface area contributed by atoms with Crippen LogP contribution in [0.15, 0.2) is 64.6 Å². The Morgan fingerprint density at radius 2 is 1.79 bits per heavy atom. The maximum atomic E-state index is 12.7. The van der Waals surface area contributed by atoms with Gasteiger partial charge in [0, 0.05) is 28.7 Å². The zero-order valence-electron chi connectivity index (χ0n) is 19.1. The molecule has 2 aromatic carbocycles. The van der Waals surface area contributed by atoms with E-state index in [4.69, 9.17) is 4.99 Å². The number of hydrogen-bond donors (Lipinski definition) is 2. The van der Waals surface area contributed by atoms with E-state index in [1.165, 1.54) is 16.6 Å². The Kier molecular flexibility index (Phi) is 5.54. The fourth-order valence-corrected chi connectivity index (χ4v) is 7.74. The van der Waals surface area contributed by atoms with E-state index in [0.29, 0.717) is 11.4 Å². The fourth-order valence-electron chi connectivity index (χ4n) is 3.85. The number of aryl methyl sites for hydroxylation is 2. The van der Waals surface area contributed by atoms with Crippen molar-refractivity contribution in [2.45, 2.75) is 38.1 Å². The van der Waals surface area contributed by atoms with Gasteiger partial charge in [-0.3, -0.25) is 0 Å². The second kappa shape index (κ2) is 8.30. The summed E-state index contributed by atoms with van der Waals surface area (Å²) in [5.74, 6) is 0.0469. The topological polar surface area (TPSA) is 96.3 Å². The number of benzene rings is 2. The lowest BCUT2D eigenvalue weighted by Crippen LogP contribution is -2.31. The van der Waals surface area contributed by atoms with Gasteiger partial charge in [0.1, 0.15) is 4.67 Å². The minimum absolute atomic E-state index is 0.0469. The summed E-state index contributed by atoms with van der Waals surface area (Å²) in [4.78, 5) is 14.3. The number of rotatable bonds is 4. The van der Waals surface area contributed by atoms with Gasteiger partial charge in [-0.05, 0) is 70.2 Å². The molecule has 34 heavy (non-hydrogen) atoms. The van der Waals surface area contributed by atoms with Crippen molar-refractivity contribution < 1.29 is 8.42 Å². The summed E-state index contributed by atoms with van der Waals surface area (Å²) in [7, 11) is -0.448. The molecule has 1 aliphatic rings. The second-order valence-electron chi connectivity index (χ2n) is 8.71. The second-order valence-corrected chi connectivity index (χ2v) is 12.5. The van der Waals surface area contributed by atoms with Crippen LogP contribution in [0.25, 0.3) is 11.1 Å². The number of hydrogen-bond acceptors (Lipinski definition) is 8. The van der Waals surface area contributed by atoms with Crippen LogP contribution in [0.4, 0.5) is 17.3 Å². The molecule has 0 amide bonds. The number of fused-ring (bicyclic) bond motifs is 3. The van der Waals surface area contributed by atoms with Crippen LogP contribution in [0.1, 0.15) is 30.0 Å². The lowest BCUT2D eigenvalue weighted by molar-refractivity contribution is 0.601. The quantitative estimate of drug-likeness (QED) is 0.350. The molecule has 10 heteroatoms. The first-order chi connectivity index (χ1) is 16.1. The van der Waals surface area contributed by atoms with E-state index in [9.17, 15) is 8.42 Å². The molecule has 0 spiro atoms. The molecule has 0 bridgehead atoms. The van der Waals surface area contributed by atoms with Gasteiger partial charge in [0.05, 0.1) is 21.0 Å². The third-order valence-corrected chi connectivity index (χ3v) is 9.49. The van der Waals surface area contributed by atoms with E-state index in [1.807, 2.05) is 0 Å². The SMILES string of the molecule is Cc1ccc2c(c1)-c1c(ssc1=Nc1ccc(S(=O)(=O)Nc3nccc(C)n3)cc1)C(C)(C)N2. The highest BCUT2D eigenvalue weighted by Gasteiger charge is 2.33. The lowest BCUT2D eigenvalue weighted by atomic mass is 9.89. The maximum absolute atomic E-state index is 12.7. The normalized spacial score (nSPS) is 14.8. The van der Waals surface area contributed by atoms with Gasteiger partial charge in [0.15, 0.2) is 0 Å². The van der Waals surface area contributed by atoms with E-state index in [2.05, 4.69) is 59.0 Å². The van der Waals surface area contributed by atoms with E-state index < -0.39 is 10.0 Å². The van der Waals surface area contributed by atoms with Crippen LogP contribution in [-0.2, 0) is 15.6 Å². The smallest absolute Gasteiger partial charge is 0.264 e. The third-order valence-electron chi connectivity index (χ3n) is 5.50. The first kappa shape index (κ1) is 22.7. The van der Waals surface area contributed by atoms with Gasteiger partial charge in [0.25, 0.3) is 10.0 Å². The highest BCUT2D eigenvalue weighted by molar-refractivity contribution is 7.92. The predicted molar refractivity (Wildman–Crippen MR) is 138 cm³/mol. The standard InChI is InChI=1S/C24H23N5O2S3/c1-14-5-10-19-18(13-14)20-21(24(3,4)28-19)32-33-22(20)27-16-6-8-17(9-7-16)34(30,31)29-23-25-12-11-15(2)26-23/h5-13,28H,1-4H3,(H,25,26,29). The largest absolute Gasteiger partial charge is 0.375 e. The molecule has 0 radical (unpaired) electrons. The van der Waals surface area contributed by atoms with Gasteiger partial charge < -0.3 is 5.32 Å². The molecule has 0 aliphatic carbocycles. The summed E-state index contributed by atoms with van der Waals surface area (Å²) in [6.07, 6.45) is 1.52. The van der Waals surface area contributed by atoms with Crippen LogP contribution >= 0.6 is 20.7 Å². The van der Waals surface area contributed by atoms with E-state index >= 15 is 0 Å². The number of nitrogens with one attached hydrogen (secondary N) is 2. The van der Waals surface area contributed by atoms with Gasteiger partial charge in [-0.15, -0.1) is 0 Å². The molecule has 174 valence electrons. The van der Waals surface area contributed by atoms with Crippen LogP contribution in [0.2, 0.25) is 0 Å². The molecule has 3 heterocycles. The van der Waals surface area contributed by atoms with Crippen molar-refractivity contribution in [1.82, 2.24) is 9.97 Å². The molecule has 0 saturated carbocycles. The maximum Gasteiger partial charge on any atom is 0.264 e. The minimum atomic E-state index is -3.80. The van der Waals surface area contributed by atoms with Gasteiger partial charge in [0.2, 0.25) is 5.95 Å². The Hall–Kier alpha value is -3.08. The molecule has 5 rings (SSSR count). The van der Waals surface area contributed by atoms with Crippen LogP contribution in [0, 0.1) is 13.8 Å². The molecule has 0 fully saturated rings. The Labute approximate surface area is 205 Å². The number of anilines is 2. The third kappa shape index (κ3) is 4.24. The number of nitrogens with zero attached hydrogens (tertiary/aromatic N) is 3. The summed E-state index contributed by atoms with van der Waals surface area (Å²) >= 11 is 0. The first-order valence-electron chi connectivity index (χ1n) is 10.6. The van der Waals surface area contributed by atoms with Crippen LogP contribution in [-0.4, -0.2) is 18.4 Å². The zero-order valence-corrected chi connectivity index (χ0v) is 21.5. The highest BCUT2D eigenvalue weighted by atomic mass is 32.9. The average Bonchev–Trinajstić information content (AvgIpc) is 3.19. The molecule has 2 aromatic heterocycles. The molecule has 0 unspecified atom stereocenters. The van der Waals surface area contributed by atoms with Crippen molar-refractivity contribution in [1.29, 1.82) is 0 Å². The Bertz CT molecular complexity index is 1570. The monoisotopic (exact) mass is 509 g/mol. The lowest BCUT2D eigenvalue weighted by Gasteiger charge is -2.33. The number of aromatic nitrogens is 2. The molecule has 2 N–H and O–H groups in total. The molecule has 0 saturated heterocycles. The van der Waals surface area contributed by atoms with Gasteiger partial charge in [-0.2, -0.15) is 0 Å². The Balaban J connectivity index is 1.51. The molecule has 1 aliphatic heterocycles. The van der Waals surface area contributed by atoms with Crippen molar-refractivity contribution in [2.75, 3.05) is 10.0 Å². The highest BCUT2D eigenvalue weighted by Crippen LogP contribution is 2.45. The minimum Gasteiger partial charge on any atom is -0.375 e.